The molecule has 16 heavy (non-hydrogen) atoms. The third-order valence-electron chi connectivity index (χ3n) is 2.21. The van der Waals surface area contributed by atoms with E-state index < -0.39 is 5.60 Å². The third kappa shape index (κ3) is 4.29. The van der Waals surface area contributed by atoms with Gasteiger partial charge >= 0.3 is 0 Å². The van der Waals surface area contributed by atoms with Crippen LogP contribution in [0, 0.1) is 0 Å². The van der Waals surface area contributed by atoms with Gasteiger partial charge in [-0.15, -0.1) is 0 Å². The van der Waals surface area contributed by atoms with E-state index in [4.69, 9.17) is 16.3 Å². The second kappa shape index (κ2) is 5.41. The summed E-state index contributed by atoms with van der Waals surface area (Å²) in [6.07, 6.45) is 0.655. The third-order valence-corrected chi connectivity index (χ3v) is 2.45. The quantitative estimate of drug-likeness (QED) is 0.836. The molecule has 0 saturated carbocycles. The fourth-order valence-corrected chi connectivity index (χ4v) is 1.49. The van der Waals surface area contributed by atoms with Gasteiger partial charge in [-0.05, 0) is 38.5 Å². The topological polar surface area (TPSA) is 41.5 Å². The Bertz CT molecular complexity index is 347. The molecule has 0 aromatic heterocycles. The Hall–Kier alpha value is -0.930. The fourth-order valence-electron chi connectivity index (χ4n) is 1.32. The Balaban J connectivity index is 2.62. The van der Waals surface area contributed by atoms with Gasteiger partial charge in [0, 0.05) is 11.6 Å². The predicted octanol–water partition coefficient (Wildman–Crippen LogP) is 2.92. The lowest BCUT2D eigenvalue weighted by atomic mass is 10.1. The summed E-state index contributed by atoms with van der Waals surface area (Å²) in [6.45, 7) is 4.23. The van der Waals surface area contributed by atoms with E-state index in [1.54, 1.807) is 27.0 Å². The first kappa shape index (κ1) is 13.1. The molecule has 0 atom stereocenters. The molecular formula is C12H18ClNO2. The van der Waals surface area contributed by atoms with Crippen LogP contribution in [0.2, 0.25) is 5.02 Å². The smallest absolute Gasteiger partial charge is 0.142 e. The molecule has 0 aliphatic heterocycles. The summed E-state index contributed by atoms with van der Waals surface area (Å²) < 4.78 is 5.20. The van der Waals surface area contributed by atoms with Crippen molar-refractivity contribution in [2.45, 2.75) is 25.9 Å². The van der Waals surface area contributed by atoms with Crippen LogP contribution in [-0.2, 0) is 0 Å². The maximum absolute atomic E-state index is 9.58. The van der Waals surface area contributed by atoms with Crippen molar-refractivity contribution in [1.82, 2.24) is 0 Å². The molecule has 0 fully saturated rings. The van der Waals surface area contributed by atoms with Crippen LogP contribution >= 0.6 is 11.6 Å². The van der Waals surface area contributed by atoms with E-state index in [0.29, 0.717) is 18.0 Å². The van der Waals surface area contributed by atoms with E-state index in [2.05, 4.69) is 5.32 Å². The van der Waals surface area contributed by atoms with Crippen molar-refractivity contribution >= 4 is 17.3 Å². The molecule has 0 radical (unpaired) electrons. The Kier molecular flexibility index (Phi) is 4.44. The lowest BCUT2D eigenvalue weighted by molar-refractivity contribution is 0.0748. The summed E-state index contributed by atoms with van der Waals surface area (Å²) in [5.41, 5.74) is 0.179. The molecule has 4 heteroatoms. The summed E-state index contributed by atoms with van der Waals surface area (Å²) >= 11 is 5.90. The fraction of sp³-hybridized carbons (Fsp3) is 0.500. The Morgan fingerprint density at radius 2 is 2.12 bits per heavy atom. The van der Waals surface area contributed by atoms with Gasteiger partial charge in [0.1, 0.15) is 5.75 Å². The van der Waals surface area contributed by atoms with E-state index >= 15 is 0 Å². The molecule has 1 aromatic rings. The minimum absolute atomic E-state index is 0.655. The highest BCUT2D eigenvalue weighted by atomic mass is 35.5. The molecule has 0 spiro atoms. The largest absolute Gasteiger partial charge is 0.495 e. The van der Waals surface area contributed by atoms with E-state index in [0.717, 1.165) is 11.4 Å². The minimum Gasteiger partial charge on any atom is -0.495 e. The molecule has 1 aromatic carbocycles. The number of aliphatic hydroxyl groups is 1. The van der Waals surface area contributed by atoms with E-state index in [1.165, 1.54) is 0 Å². The zero-order chi connectivity index (χ0) is 12.2. The number of nitrogens with one attached hydrogen (secondary N) is 1. The SMILES string of the molecule is COc1ccc(Cl)cc1NCCC(C)(C)O. The zero-order valence-corrected chi connectivity index (χ0v) is 10.6. The zero-order valence-electron chi connectivity index (χ0n) is 9.88. The van der Waals surface area contributed by atoms with Crippen LogP contribution in [0.1, 0.15) is 20.3 Å². The normalized spacial score (nSPS) is 11.3. The van der Waals surface area contributed by atoms with Gasteiger partial charge in [-0.2, -0.15) is 0 Å². The van der Waals surface area contributed by atoms with Crippen LogP contribution < -0.4 is 10.1 Å². The number of benzene rings is 1. The Morgan fingerprint density at radius 3 is 2.69 bits per heavy atom. The van der Waals surface area contributed by atoms with Crippen molar-refractivity contribution in [3.63, 3.8) is 0 Å². The number of hydrogen-bond donors (Lipinski definition) is 2. The van der Waals surface area contributed by atoms with Crippen LogP contribution in [0.15, 0.2) is 18.2 Å². The molecule has 0 aliphatic carbocycles. The number of hydrogen-bond acceptors (Lipinski definition) is 3. The minimum atomic E-state index is -0.668. The number of halogens is 1. The van der Waals surface area contributed by atoms with Crippen LogP contribution in [0.5, 0.6) is 5.75 Å². The highest BCUT2D eigenvalue weighted by molar-refractivity contribution is 6.30. The summed E-state index contributed by atoms with van der Waals surface area (Å²) in [6, 6.07) is 5.40. The molecule has 1 rings (SSSR count). The molecule has 0 amide bonds. The van der Waals surface area contributed by atoms with Crippen molar-refractivity contribution in [3.8, 4) is 5.75 Å². The van der Waals surface area contributed by atoms with Gasteiger partial charge in [0.25, 0.3) is 0 Å². The maximum atomic E-state index is 9.58. The number of methoxy groups -OCH3 is 1. The molecular weight excluding hydrogens is 226 g/mol. The summed E-state index contributed by atoms with van der Waals surface area (Å²) in [7, 11) is 1.62. The van der Waals surface area contributed by atoms with Gasteiger partial charge in [-0.3, -0.25) is 0 Å². The summed E-state index contributed by atoms with van der Waals surface area (Å²) in [4.78, 5) is 0. The van der Waals surface area contributed by atoms with Crippen LogP contribution in [0.4, 0.5) is 5.69 Å². The van der Waals surface area contributed by atoms with Crippen LogP contribution in [0.25, 0.3) is 0 Å². The Labute approximate surface area is 101 Å². The monoisotopic (exact) mass is 243 g/mol. The standard InChI is InChI=1S/C12H18ClNO2/c1-12(2,15)6-7-14-10-8-9(13)4-5-11(10)16-3/h4-5,8,14-15H,6-7H2,1-3H3. The van der Waals surface area contributed by atoms with Crippen molar-refractivity contribution in [2.75, 3.05) is 19.0 Å². The van der Waals surface area contributed by atoms with Gasteiger partial charge in [0.2, 0.25) is 0 Å². The maximum Gasteiger partial charge on any atom is 0.142 e. The molecule has 3 nitrogen and oxygen atoms in total. The molecule has 0 saturated heterocycles. The van der Waals surface area contributed by atoms with Crippen molar-refractivity contribution in [1.29, 1.82) is 0 Å². The summed E-state index contributed by atoms with van der Waals surface area (Å²) in [5.74, 6) is 0.750. The lowest BCUT2D eigenvalue weighted by Crippen LogP contribution is -2.22. The van der Waals surface area contributed by atoms with E-state index in [9.17, 15) is 5.11 Å². The highest BCUT2D eigenvalue weighted by Gasteiger charge is 2.12. The molecule has 2 N–H and O–H groups in total. The average Bonchev–Trinajstić information content (AvgIpc) is 2.16. The van der Waals surface area contributed by atoms with E-state index in [-0.39, 0.29) is 0 Å². The molecule has 0 unspecified atom stereocenters. The van der Waals surface area contributed by atoms with Gasteiger partial charge < -0.3 is 15.2 Å². The second-order valence-corrected chi connectivity index (χ2v) is 4.77. The van der Waals surface area contributed by atoms with Crippen molar-refractivity contribution in [3.05, 3.63) is 23.2 Å². The number of ether oxygens (including phenoxy) is 1. The second-order valence-electron chi connectivity index (χ2n) is 4.33. The molecule has 0 heterocycles. The first-order chi connectivity index (χ1) is 7.42. The molecule has 0 bridgehead atoms. The van der Waals surface area contributed by atoms with Crippen molar-refractivity contribution < 1.29 is 9.84 Å². The van der Waals surface area contributed by atoms with Gasteiger partial charge in [0.15, 0.2) is 0 Å². The summed E-state index contributed by atoms with van der Waals surface area (Å²) in [5, 5.41) is 13.4. The van der Waals surface area contributed by atoms with Gasteiger partial charge in [-0.25, -0.2) is 0 Å². The van der Waals surface area contributed by atoms with Crippen molar-refractivity contribution in [2.24, 2.45) is 0 Å². The van der Waals surface area contributed by atoms with Crippen LogP contribution in [-0.4, -0.2) is 24.4 Å². The molecule has 0 aliphatic rings. The predicted molar refractivity (Wildman–Crippen MR) is 67.4 cm³/mol. The van der Waals surface area contributed by atoms with Gasteiger partial charge in [-0.1, -0.05) is 11.6 Å². The average molecular weight is 244 g/mol. The molecule has 90 valence electrons. The number of rotatable bonds is 5. The number of anilines is 1. The lowest BCUT2D eigenvalue weighted by Gasteiger charge is -2.18. The van der Waals surface area contributed by atoms with Crippen LogP contribution in [0.3, 0.4) is 0 Å². The van der Waals surface area contributed by atoms with Gasteiger partial charge in [0.05, 0.1) is 18.4 Å². The first-order valence-electron chi connectivity index (χ1n) is 5.22. The highest BCUT2D eigenvalue weighted by Crippen LogP contribution is 2.27. The Morgan fingerprint density at radius 1 is 1.44 bits per heavy atom. The first-order valence-corrected chi connectivity index (χ1v) is 5.60. The van der Waals surface area contributed by atoms with E-state index in [1.807, 2.05) is 12.1 Å².